The number of carboxylic acids is 1. The van der Waals surface area contributed by atoms with Crippen molar-refractivity contribution in [1.29, 1.82) is 0 Å². The molecule has 5 nitrogen and oxygen atoms in total. The highest BCUT2D eigenvalue weighted by molar-refractivity contribution is 5.95. The van der Waals surface area contributed by atoms with E-state index in [2.05, 4.69) is 18.9 Å². The summed E-state index contributed by atoms with van der Waals surface area (Å²) >= 11 is 0. The maximum atomic E-state index is 11.0. The van der Waals surface area contributed by atoms with Gasteiger partial charge in [-0.15, -0.1) is 0 Å². The lowest BCUT2D eigenvalue weighted by molar-refractivity contribution is 0.0685. The molecule has 18 heavy (non-hydrogen) atoms. The third-order valence-corrected chi connectivity index (χ3v) is 3.85. The second kappa shape index (κ2) is 4.92. The Bertz CT molecular complexity index is 467. The van der Waals surface area contributed by atoms with Crippen molar-refractivity contribution >= 4 is 12.3 Å². The molecule has 0 aliphatic heterocycles. The number of rotatable bonds is 3. The lowest BCUT2D eigenvalue weighted by Gasteiger charge is -2.32. The SMILES string of the molecule is CC1CCC(C)C(n2cc(C=O)c(C(=O)O)n2)C1. The first-order valence-corrected chi connectivity index (χ1v) is 6.30. The Kier molecular flexibility index (Phi) is 3.50. The minimum absolute atomic E-state index is 0.143. The molecule has 1 fully saturated rings. The van der Waals surface area contributed by atoms with E-state index in [1.54, 1.807) is 10.9 Å². The number of aromatic carboxylic acids is 1. The third-order valence-electron chi connectivity index (χ3n) is 3.85. The van der Waals surface area contributed by atoms with Crippen molar-refractivity contribution in [3.8, 4) is 0 Å². The minimum Gasteiger partial charge on any atom is -0.476 e. The highest BCUT2D eigenvalue weighted by Gasteiger charge is 2.29. The van der Waals surface area contributed by atoms with Gasteiger partial charge in [-0.05, 0) is 24.7 Å². The molecule has 98 valence electrons. The molecule has 0 bridgehead atoms. The molecule has 1 aliphatic rings. The van der Waals surface area contributed by atoms with Crippen LogP contribution in [0.15, 0.2) is 6.20 Å². The Morgan fingerprint density at radius 1 is 1.50 bits per heavy atom. The van der Waals surface area contributed by atoms with Crippen LogP contribution in [-0.4, -0.2) is 27.1 Å². The fourth-order valence-corrected chi connectivity index (χ4v) is 2.70. The molecule has 0 saturated heterocycles. The van der Waals surface area contributed by atoms with Crippen molar-refractivity contribution in [2.45, 2.75) is 39.2 Å². The summed E-state index contributed by atoms with van der Waals surface area (Å²) in [5.74, 6) is -0.0713. The van der Waals surface area contributed by atoms with Crippen LogP contribution in [0.25, 0.3) is 0 Å². The molecule has 0 aromatic carbocycles. The van der Waals surface area contributed by atoms with Gasteiger partial charge < -0.3 is 5.11 Å². The van der Waals surface area contributed by atoms with Gasteiger partial charge in [-0.3, -0.25) is 9.48 Å². The maximum Gasteiger partial charge on any atom is 0.357 e. The van der Waals surface area contributed by atoms with Crippen molar-refractivity contribution in [3.05, 3.63) is 17.5 Å². The van der Waals surface area contributed by atoms with Gasteiger partial charge in [-0.25, -0.2) is 4.79 Å². The summed E-state index contributed by atoms with van der Waals surface area (Å²) in [6.45, 7) is 4.35. The molecule has 0 radical (unpaired) electrons. The summed E-state index contributed by atoms with van der Waals surface area (Å²) < 4.78 is 1.67. The largest absolute Gasteiger partial charge is 0.476 e. The Hall–Kier alpha value is -1.65. The molecule has 1 N–H and O–H groups in total. The number of hydrogen-bond acceptors (Lipinski definition) is 3. The quantitative estimate of drug-likeness (QED) is 0.836. The van der Waals surface area contributed by atoms with Gasteiger partial charge in [0.2, 0.25) is 0 Å². The summed E-state index contributed by atoms with van der Waals surface area (Å²) in [5, 5.41) is 13.1. The average Bonchev–Trinajstić information content (AvgIpc) is 2.76. The Morgan fingerprint density at radius 3 is 2.78 bits per heavy atom. The highest BCUT2D eigenvalue weighted by Crippen LogP contribution is 2.36. The molecule has 1 aromatic heterocycles. The van der Waals surface area contributed by atoms with Gasteiger partial charge in [-0.1, -0.05) is 20.3 Å². The van der Waals surface area contributed by atoms with Gasteiger partial charge in [0.15, 0.2) is 12.0 Å². The van der Waals surface area contributed by atoms with Crippen LogP contribution >= 0.6 is 0 Å². The van der Waals surface area contributed by atoms with Crippen LogP contribution in [0.1, 0.15) is 60.0 Å². The van der Waals surface area contributed by atoms with Gasteiger partial charge in [-0.2, -0.15) is 5.10 Å². The molecular formula is C13H18N2O3. The molecule has 1 aliphatic carbocycles. The number of nitrogens with zero attached hydrogens (tertiary/aromatic N) is 2. The highest BCUT2D eigenvalue weighted by atomic mass is 16.4. The van der Waals surface area contributed by atoms with E-state index in [-0.39, 0.29) is 17.3 Å². The Labute approximate surface area is 106 Å². The molecular weight excluding hydrogens is 232 g/mol. The fourth-order valence-electron chi connectivity index (χ4n) is 2.70. The van der Waals surface area contributed by atoms with Crippen LogP contribution in [0.4, 0.5) is 0 Å². The summed E-state index contributed by atoms with van der Waals surface area (Å²) in [4.78, 5) is 21.8. The van der Waals surface area contributed by atoms with E-state index in [4.69, 9.17) is 5.11 Å². The number of aromatic nitrogens is 2. The van der Waals surface area contributed by atoms with Gasteiger partial charge >= 0.3 is 5.97 Å². The van der Waals surface area contributed by atoms with E-state index < -0.39 is 5.97 Å². The molecule has 3 atom stereocenters. The molecule has 5 heteroatoms. The second-order valence-corrected chi connectivity index (χ2v) is 5.30. The normalized spacial score (nSPS) is 28.0. The fraction of sp³-hybridized carbons (Fsp3) is 0.615. The average molecular weight is 250 g/mol. The van der Waals surface area contributed by atoms with Crippen LogP contribution in [-0.2, 0) is 0 Å². The summed E-state index contributed by atoms with van der Waals surface area (Å²) in [7, 11) is 0. The predicted octanol–water partition coefficient (Wildman–Crippen LogP) is 2.39. The molecule has 3 unspecified atom stereocenters. The first-order chi connectivity index (χ1) is 8.52. The van der Waals surface area contributed by atoms with Gasteiger partial charge in [0.25, 0.3) is 0 Å². The van der Waals surface area contributed by atoms with Crippen molar-refractivity contribution in [2.75, 3.05) is 0 Å². The van der Waals surface area contributed by atoms with Crippen molar-refractivity contribution in [3.63, 3.8) is 0 Å². The molecule has 1 heterocycles. The zero-order valence-electron chi connectivity index (χ0n) is 10.7. The minimum atomic E-state index is -1.15. The Morgan fingerprint density at radius 2 is 2.22 bits per heavy atom. The predicted molar refractivity (Wildman–Crippen MR) is 65.8 cm³/mol. The molecule has 0 amide bonds. The van der Waals surface area contributed by atoms with Gasteiger partial charge in [0.05, 0.1) is 11.6 Å². The van der Waals surface area contributed by atoms with E-state index in [9.17, 15) is 9.59 Å². The first kappa shape index (κ1) is 12.8. The summed E-state index contributed by atoms with van der Waals surface area (Å²) in [6, 6.07) is 0.195. The Balaban J connectivity index is 2.32. The van der Waals surface area contributed by atoms with E-state index in [0.717, 1.165) is 12.8 Å². The number of carbonyl (C=O) groups excluding carboxylic acids is 1. The van der Waals surface area contributed by atoms with E-state index in [1.165, 1.54) is 6.42 Å². The zero-order chi connectivity index (χ0) is 13.3. The molecule has 2 rings (SSSR count). The zero-order valence-corrected chi connectivity index (χ0v) is 10.7. The van der Waals surface area contributed by atoms with Gasteiger partial charge in [0.1, 0.15) is 0 Å². The van der Waals surface area contributed by atoms with E-state index in [0.29, 0.717) is 18.1 Å². The smallest absolute Gasteiger partial charge is 0.357 e. The molecule has 1 saturated carbocycles. The van der Waals surface area contributed by atoms with Crippen molar-refractivity contribution < 1.29 is 14.7 Å². The van der Waals surface area contributed by atoms with Crippen LogP contribution < -0.4 is 0 Å². The molecule has 0 spiro atoms. The standard InChI is InChI=1S/C13H18N2O3/c1-8-3-4-9(2)11(5-8)15-6-10(7-16)12(14-15)13(17)18/h6-9,11H,3-5H2,1-2H3,(H,17,18). The number of carbonyl (C=O) groups is 2. The van der Waals surface area contributed by atoms with E-state index >= 15 is 0 Å². The maximum absolute atomic E-state index is 11.0. The summed E-state index contributed by atoms with van der Waals surface area (Å²) in [6.07, 6.45) is 5.43. The van der Waals surface area contributed by atoms with Gasteiger partial charge in [0, 0.05) is 6.20 Å². The third kappa shape index (κ3) is 2.30. The second-order valence-electron chi connectivity index (χ2n) is 5.30. The summed E-state index contributed by atoms with van der Waals surface area (Å²) in [5.41, 5.74) is 0.0170. The number of aldehydes is 1. The lowest BCUT2D eigenvalue weighted by Crippen LogP contribution is -2.25. The van der Waals surface area contributed by atoms with Crippen LogP contribution in [0.2, 0.25) is 0 Å². The first-order valence-electron chi connectivity index (χ1n) is 6.30. The van der Waals surface area contributed by atoms with Crippen molar-refractivity contribution in [1.82, 2.24) is 9.78 Å². The topological polar surface area (TPSA) is 72.2 Å². The van der Waals surface area contributed by atoms with Crippen LogP contribution in [0.5, 0.6) is 0 Å². The van der Waals surface area contributed by atoms with Crippen LogP contribution in [0.3, 0.4) is 0 Å². The monoisotopic (exact) mass is 250 g/mol. The lowest BCUT2D eigenvalue weighted by atomic mass is 9.80. The number of hydrogen-bond donors (Lipinski definition) is 1. The van der Waals surface area contributed by atoms with Crippen LogP contribution in [0, 0.1) is 11.8 Å². The van der Waals surface area contributed by atoms with E-state index in [1.807, 2.05) is 0 Å². The number of carboxylic acid groups (broad SMARTS) is 1. The van der Waals surface area contributed by atoms with Crippen molar-refractivity contribution in [2.24, 2.45) is 11.8 Å². The molecule has 1 aromatic rings.